The van der Waals surface area contributed by atoms with E-state index >= 15 is 0 Å². The Morgan fingerprint density at radius 1 is 1.38 bits per heavy atom. The number of halogens is 3. The number of aromatic nitrogens is 1. The largest absolute Gasteiger partial charge is 0.433 e. The summed E-state index contributed by atoms with van der Waals surface area (Å²) in [4.78, 5) is 15.8. The summed E-state index contributed by atoms with van der Waals surface area (Å²) < 4.78 is 37.3. The molecule has 1 amide bonds. The number of piperidine rings is 1. The van der Waals surface area contributed by atoms with E-state index < -0.39 is 17.3 Å². The highest BCUT2D eigenvalue weighted by atomic mass is 19.4. The van der Waals surface area contributed by atoms with Crippen LogP contribution in [-0.2, 0) is 11.0 Å². The van der Waals surface area contributed by atoms with Crippen LogP contribution in [0.1, 0.15) is 31.9 Å². The Balaban J connectivity index is 2.08. The van der Waals surface area contributed by atoms with Crippen molar-refractivity contribution in [2.45, 2.75) is 32.4 Å². The van der Waals surface area contributed by atoms with Crippen LogP contribution >= 0.6 is 0 Å². The maximum absolute atomic E-state index is 12.4. The fraction of sp³-hybridized carbons (Fsp3) is 0.571. The van der Waals surface area contributed by atoms with Gasteiger partial charge in [-0.05, 0) is 44.5 Å². The van der Waals surface area contributed by atoms with Gasteiger partial charge in [-0.25, -0.2) is 4.98 Å². The van der Waals surface area contributed by atoms with Crippen molar-refractivity contribution < 1.29 is 18.0 Å². The van der Waals surface area contributed by atoms with Crippen LogP contribution in [-0.4, -0.2) is 24.0 Å². The van der Waals surface area contributed by atoms with Gasteiger partial charge in [0.1, 0.15) is 5.69 Å². The molecule has 0 radical (unpaired) electrons. The average Bonchev–Trinajstić information content (AvgIpc) is 2.47. The molecule has 1 aliphatic heterocycles. The summed E-state index contributed by atoms with van der Waals surface area (Å²) in [6.07, 6.45) is -1.27. The van der Waals surface area contributed by atoms with Crippen LogP contribution in [0.25, 0.3) is 0 Å². The van der Waals surface area contributed by atoms with Crippen molar-refractivity contribution >= 4 is 11.6 Å². The molecule has 4 nitrogen and oxygen atoms in total. The normalized spacial score (nSPS) is 18.3. The minimum absolute atomic E-state index is 0.145. The molecule has 1 aliphatic rings. The predicted octanol–water partition coefficient (Wildman–Crippen LogP) is 2.82. The van der Waals surface area contributed by atoms with Gasteiger partial charge in [0.25, 0.3) is 0 Å². The molecular weight excluding hydrogens is 283 g/mol. The third-order valence-corrected chi connectivity index (χ3v) is 4.03. The standard InChI is InChI=1S/C14H18F3N3O/c1-2-13(5-7-18-8-6-13)12(21)20-10-3-4-11(19-9-10)14(15,16)17/h3-4,9,18H,2,5-8H2,1H3,(H,20,21). The van der Waals surface area contributed by atoms with Gasteiger partial charge < -0.3 is 10.6 Å². The van der Waals surface area contributed by atoms with Crippen LogP contribution in [0.3, 0.4) is 0 Å². The quantitative estimate of drug-likeness (QED) is 0.902. The van der Waals surface area contributed by atoms with Crippen LogP contribution in [0.15, 0.2) is 18.3 Å². The lowest BCUT2D eigenvalue weighted by atomic mass is 9.76. The molecule has 0 spiro atoms. The Morgan fingerprint density at radius 3 is 2.52 bits per heavy atom. The summed E-state index contributed by atoms with van der Waals surface area (Å²) in [5.41, 5.74) is -1.12. The monoisotopic (exact) mass is 301 g/mol. The molecule has 1 aromatic heterocycles. The molecule has 0 bridgehead atoms. The lowest BCUT2D eigenvalue weighted by Crippen LogP contribution is -2.44. The van der Waals surface area contributed by atoms with Crippen LogP contribution < -0.4 is 10.6 Å². The molecule has 0 unspecified atom stereocenters. The molecule has 21 heavy (non-hydrogen) atoms. The molecule has 2 rings (SSSR count). The van der Waals surface area contributed by atoms with E-state index in [0.717, 1.165) is 38.2 Å². The van der Waals surface area contributed by atoms with E-state index in [1.807, 2.05) is 6.92 Å². The molecule has 2 N–H and O–H groups in total. The van der Waals surface area contributed by atoms with Gasteiger partial charge in [0.15, 0.2) is 0 Å². The molecule has 0 atom stereocenters. The number of hydrogen-bond acceptors (Lipinski definition) is 3. The number of pyridine rings is 1. The molecule has 1 aromatic rings. The highest BCUT2D eigenvalue weighted by Gasteiger charge is 2.38. The van der Waals surface area contributed by atoms with E-state index in [1.165, 1.54) is 6.07 Å². The maximum atomic E-state index is 12.4. The first kappa shape index (κ1) is 15.8. The summed E-state index contributed by atoms with van der Waals surface area (Å²) in [6.45, 7) is 3.49. The highest BCUT2D eigenvalue weighted by Crippen LogP contribution is 2.34. The molecule has 2 heterocycles. The van der Waals surface area contributed by atoms with E-state index in [4.69, 9.17) is 0 Å². The van der Waals surface area contributed by atoms with Crippen LogP contribution in [0.2, 0.25) is 0 Å². The zero-order valence-electron chi connectivity index (χ0n) is 11.8. The van der Waals surface area contributed by atoms with Crippen molar-refractivity contribution in [1.82, 2.24) is 10.3 Å². The van der Waals surface area contributed by atoms with Crippen LogP contribution in [0.4, 0.5) is 18.9 Å². The molecule has 0 aromatic carbocycles. The predicted molar refractivity (Wildman–Crippen MR) is 72.7 cm³/mol. The Labute approximate surface area is 121 Å². The van der Waals surface area contributed by atoms with Crippen molar-refractivity contribution in [1.29, 1.82) is 0 Å². The molecule has 0 aliphatic carbocycles. The van der Waals surface area contributed by atoms with Crippen molar-refractivity contribution in [3.63, 3.8) is 0 Å². The summed E-state index contributed by atoms with van der Waals surface area (Å²) in [5, 5.41) is 5.88. The molecular formula is C14H18F3N3O. The first-order valence-electron chi connectivity index (χ1n) is 6.93. The minimum Gasteiger partial charge on any atom is -0.324 e. The van der Waals surface area contributed by atoms with Gasteiger partial charge in [0, 0.05) is 0 Å². The number of nitrogens with zero attached hydrogens (tertiary/aromatic N) is 1. The highest BCUT2D eigenvalue weighted by molar-refractivity contribution is 5.95. The number of hydrogen-bond donors (Lipinski definition) is 2. The van der Waals surface area contributed by atoms with Crippen LogP contribution in [0.5, 0.6) is 0 Å². The maximum Gasteiger partial charge on any atom is 0.433 e. The fourth-order valence-corrected chi connectivity index (χ4v) is 2.55. The Bertz CT molecular complexity index is 493. The average molecular weight is 301 g/mol. The zero-order valence-corrected chi connectivity index (χ0v) is 11.8. The summed E-state index contributed by atoms with van der Waals surface area (Å²) in [5.74, 6) is -0.145. The second-order valence-corrected chi connectivity index (χ2v) is 5.27. The second-order valence-electron chi connectivity index (χ2n) is 5.27. The number of nitrogens with one attached hydrogen (secondary N) is 2. The smallest absolute Gasteiger partial charge is 0.324 e. The van der Waals surface area contributed by atoms with Crippen molar-refractivity contribution in [3.05, 3.63) is 24.0 Å². The van der Waals surface area contributed by atoms with Gasteiger partial charge in [-0.15, -0.1) is 0 Å². The van der Waals surface area contributed by atoms with Crippen molar-refractivity contribution in [2.75, 3.05) is 18.4 Å². The third-order valence-electron chi connectivity index (χ3n) is 4.03. The van der Waals surface area contributed by atoms with Crippen LogP contribution in [0, 0.1) is 5.41 Å². The minimum atomic E-state index is -4.47. The van der Waals surface area contributed by atoms with Gasteiger partial charge in [0.2, 0.25) is 5.91 Å². The van der Waals surface area contributed by atoms with E-state index in [0.29, 0.717) is 12.1 Å². The van der Waals surface area contributed by atoms with Gasteiger partial charge >= 0.3 is 6.18 Å². The molecule has 7 heteroatoms. The Morgan fingerprint density at radius 2 is 2.05 bits per heavy atom. The van der Waals surface area contributed by atoms with E-state index in [2.05, 4.69) is 15.6 Å². The summed E-state index contributed by atoms with van der Waals surface area (Å²) in [6, 6.07) is 2.11. The van der Waals surface area contributed by atoms with E-state index in [-0.39, 0.29) is 5.91 Å². The number of alkyl halides is 3. The number of anilines is 1. The lowest BCUT2D eigenvalue weighted by Gasteiger charge is -2.35. The lowest BCUT2D eigenvalue weighted by molar-refractivity contribution is -0.141. The van der Waals surface area contributed by atoms with Crippen molar-refractivity contribution in [3.8, 4) is 0 Å². The molecule has 0 saturated carbocycles. The summed E-state index contributed by atoms with van der Waals surface area (Å²) >= 11 is 0. The van der Waals surface area contributed by atoms with E-state index in [9.17, 15) is 18.0 Å². The molecule has 1 fully saturated rings. The molecule has 1 saturated heterocycles. The Kier molecular flexibility index (Phi) is 4.51. The zero-order chi connectivity index (χ0) is 15.5. The van der Waals surface area contributed by atoms with Crippen molar-refractivity contribution in [2.24, 2.45) is 5.41 Å². The number of carbonyl (C=O) groups excluding carboxylic acids is 1. The first-order chi connectivity index (χ1) is 9.87. The van der Waals surface area contributed by atoms with E-state index in [1.54, 1.807) is 0 Å². The summed E-state index contributed by atoms with van der Waals surface area (Å²) in [7, 11) is 0. The molecule has 116 valence electrons. The number of carbonyl (C=O) groups is 1. The SMILES string of the molecule is CCC1(C(=O)Nc2ccc(C(F)(F)F)nc2)CCNCC1. The van der Waals surface area contributed by atoms with Gasteiger partial charge in [-0.2, -0.15) is 13.2 Å². The van der Waals surface area contributed by atoms with Gasteiger partial charge in [-0.1, -0.05) is 6.92 Å². The van der Waals surface area contributed by atoms with Gasteiger partial charge in [-0.3, -0.25) is 4.79 Å². The first-order valence-corrected chi connectivity index (χ1v) is 6.93. The number of amides is 1. The van der Waals surface area contributed by atoms with Gasteiger partial charge in [0.05, 0.1) is 17.3 Å². The number of rotatable bonds is 3. The fourth-order valence-electron chi connectivity index (χ4n) is 2.55. The second kappa shape index (κ2) is 6.01. The Hall–Kier alpha value is -1.63. The topological polar surface area (TPSA) is 54.0 Å². The third kappa shape index (κ3) is 3.53.